The number of halogens is 2. The normalized spacial score (nSPS) is 10.7. The van der Waals surface area contributed by atoms with Crippen molar-refractivity contribution in [1.82, 2.24) is 9.78 Å². The second kappa shape index (κ2) is 7.07. The second-order valence-corrected chi connectivity index (χ2v) is 6.18. The number of aryl methyl sites for hydroxylation is 1. The molecule has 0 aliphatic carbocycles. The number of hydrogen-bond acceptors (Lipinski definition) is 2. The Kier molecular flexibility index (Phi) is 4.86. The molecule has 0 unspecified atom stereocenters. The summed E-state index contributed by atoms with van der Waals surface area (Å²) in [7, 11) is 0. The highest BCUT2D eigenvalue weighted by atomic mass is 35.5. The van der Waals surface area contributed by atoms with E-state index in [0.29, 0.717) is 5.02 Å². The van der Waals surface area contributed by atoms with Crippen LogP contribution in [0.15, 0.2) is 48.5 Å². The summed E-state index contributed by atoms with van der Waals surface area (Å²) in [4.78, 5) is 12.3. The van der Waals surface area contributed by atoms with Crippen molar-refractivity contribution in [2.24, 2.45) is 0 Å². The van der Waals surface area contributed by atoms with Gasteiger partial charge in [-0.1, -0.05) is 29.8 Å². The van der Waals surface area contributed by atoms with E-state index in [1.807, 2.05) is 44.2 Å². The molecule has 1 heterocycles. The molecule has 0 aliphatic rings. The van der Waals surface area contributed by atoms with Gasteiger partial charge in [0.1, 0.15) is 5.82 Å². The fourth-order valence-corrected chi connectivity index (χ4v) is 2.87. The van der Waals surface area contributed by atoms with Crippen LogP contribution in [0.4, 0.5) is 10.1 Å². The number of carbonyl (C=O) groups is 1. The summed E-state index contributed by atoms with van der Waals surface area (Å²) < 4.78 is 15.6. The minimum absolute atomic E-state index is 0.0725. The molecule has 0 spiro atoms. The number of anilines is 1. The molecule has 25 heavy (non-hydrogen) atoms. The van der Waals surface area contributed by atoms with E-state index in [4.69, 9.17) is 11.6 Å². The molecule has 1 amide bonds. The van der Waals surface area contributed by atoms with Crippen molar-refractivity contribution in [1.29, 1.82) is 0 Å². The zero-order valence-electron chi connectivity index (χ0n) is 13.9. The number of nitrogens with zero attached hydrogens (tertiary/aromatic N) is 2. The number of hydrogen-bond donors (Lipinski definition) is 1. The monoisotopic (exact) mass is 357 g/mol. The van der Waals surface area contributed by atoms with Gasteiger partial charge in [-0.2, -0.15) is 5.10 Å². The molecule has 0 bridgehead atoms. The Balaban J connectivity index is 1.82. The summed E-state index contributed by atoms with van der Waals surface area (Å²) in [6, 6.07) is 13.7. The number of para-hydroxylation sites is 1. The van der Waals surface area contributed by atoms with E-state index < -0.39 is 5.82 Å². The molecular weight excluding hydrogens is 341 g/mol. The third-order valence-electron chi connectivity index (χ3n) is 3.98. The molecule has 0 radical (unpaired) electrons. The Morgan fingerprint density at radius 3 is 2.64 bits per heavy atom. The van der Waals surface area contributed by atoms with E-state index in [0.717, 1.165) is 22.6 Å². The van der Waals surface area contributed by atoms with E-state index in [1.165, 1.54) is 18.2 Å². The molecule has 1 aromatic heterocycles. The summed E-state index contributed by atoms with van der Waals surface area (Å²) >= 11 is 5.85. The first-order valence-corrected chi connectivity index (χ1v) is 8.19. The Morgan fingerprint density at radius 2 is 1.92 bits per heavy atom. The fraction of sp³-hybridized carbons (Fsp3) is 0.158. The van der Waals surface area contributed by atoms with E-state index in [2.05, 4.69) is 10.4 Å². The van der Waals surface area contributed by atoms with Gasteiger partial charge in [-0.05, 0) is 44.2 Å². The highest BCUT2D eigenvalue weighted by Crippen LogP contribution is 2.21. The first-order valence-electron chi connectivity index (χ1n) is 7.81. The maximum absolute atomic E-state index is 13.8. The van der Waals surface area contributed by atoms with Crippen LogP contribution in [0.25, 0.3) is 5.69 Å². The van der Waals surface area contributed by atoms with Crippen molar-refractivity contribution >= 4 is 23.2 Å². The highest BCUT2D eigenvalue weighted by Gasteiger charge is 2.17. The summed E-state index contributed by atoms with van der Waals surface area (Å²) in [6.45, 7) is 3.77. The van der Waals surface area contributed by atoms with Gasteiger partial charge in [-0.15, -0.1) is 0 Å². The van der Waals surface area contributed by atoms with Gasteiger partial charge in [-0.25, -0.2) is 9.07 Å². The van der Waals surface area contributed by atoms with E-state index in [1.54, 1.807) is 4.68 Å². The van der Waals surface area contributed by atoms with E-state index >= 15 is 0 Å². The Bertz CT molecular complexity index is 922. The minimum Gasteiger partial charge on any atom is -0.323 e. The molecule has 0 fully saturated rings. The van der Waals surface area contributed by atoms with Crippen LogP contribution in [0.2, 0.25) is 5.02 Å². The molecular formula is C19H17ClFN3O. The summed E-state index contributed by atoms with van der Waals surface area (Å²) in [6.07, 6.45) is 0.108. The maximum Gasteiger partial charge on any atom is 0.229 e. The molecule has 3 rings (SSSR count). The molecule has 6 heteroatoms. The fourth-order valence-electron chi connectivity index (χ4n) is 2.70. The van der Waals surface area contributed by atoms with E-state index in [-0.39, 0.29) is 18.0 Å². The zero-order valence-corrected chi connectivity index (χ0v) is 14.6. The lowest BCUT2D eigenvalue weighted by atomic mass is 10.1. The van der Waals surface area contributed by atoms with Crippen LogP contribution in [0.1, 0.15) is 17.0 Å². The Hall–Kier alpha value is -2.66. The molecule has 1 N–H and O–H groups in total. The maximum atomic E-state index is 13.8. The summed E-state index contributed by atoms with van der Waals surface area (Å²) in [5, 5.41) is 7.44. The molecule has 128 valence electrons. The number of rotatable bonds is 4. The van der Waals surface area contributed by atoms with Gasteiger partial charge in [0.05, 0.1) is 23.5 Å². The van der Waals surface area contributed by atoms with Crippen LogP contribution in [0, 0.1) is 19.7 Å². The lowest BCUT2D eigenvalue weighted by Gasteiger charge is -2.08. The predicted octanol–water partition coefficient (Wildman–Crippen LogP) is 4.46. The average molecular weight is 358 g/mol. The third-order valence-corrected chi connectivity index (χ3v) is 4.22. The largest absolute Gasteiger partial charge is 0.323 e. The first-order chi connectivity index (χ1) is 12.0. The summed E-state index contributed by atoms with van der Waals surface area (Å²) in [5.41, 5.74) is 3.47. The van der Waals surface area contributed by atoms with Gasteiger partial charge in [0.2, 0.25) is 5.91 Å². The number of aromatic nitrogens is 2. The van der Waals surface area contributed by atoms with Crippen molar-refractivity contribution in [2.45, 2.75) is 20.3 Å². The van der Waals surface area contributed by atoms with Gasteiger partial charge < -0.3 is 5.32 Å². The Morgan fingerprint density at radius 1 is 1.20 bits per heavy atom. The number of nitrogens with one attached hydrogen (secondary N) is 1. The Labute approximate surface area is 150 Å². The van der Waals surface area contributed by atoms with Crippen LogP contribution < -0.4 is 5.32 Å². The van der Waals surface area contributed by atoms with Gasteiger partial charge >= 0.3 is 0 Å². The number of benzene rings is 2. The molecule has 3 aromatic rings. The number of carbonyl (C=O) groups excluding carboxylic acids is 1. The lowest BCUT2D eigenvalue weighted by Crippen LogP contribution is -2.16. The van der Waals surface area contributed by atoms with Crippen LogP contribution in [0.5, 0.6) is 0 Å². The molecule has 2 aromatic carbocycles. The third kappa shape index (κ3) is 3.72. The lowest BCUT2D eigenvalue weighted by molar-refractivity contribution is -0.115. The van der Waals surface area contributed by atoms with E-state index in [9.17, 15) is 9.18 Å². The van der Waals surface area contributed by atoms with Gasteiger partial charge in [-0.3, -0.25) is 4.79 Å². The quantitative estimate of drug-likeness (QED) is 0.749. The average Bonchev–Trinajstić information content (AvgIpc) is 2.87. The topological polar surface area (TPSA) is 46.9 Å². The van der Waals surface area contributed by atoms with Crippen LogP contribution in [0.3, 0.4) is 0 Å². The van der Waals surface area contributed by atoms with Crippen LogP contribution in [-0.2, 0) is 11.2 Å². The summed E-state index contributed by atoms with van der Waals surface area (Å²) in [5.74, 6) is -0.842. The molecule has 0 saturated heterocycles. The SMILES string of the molecule is Cc1nn(-c2ccccc2)c(C)c1CC(=O)Nc1cc(Cl)ccc1F. The number of amides is 1. The standard InChI is InChI=1S/C19H17ClFN3O/c1-12-16(13(2)24(23-12)15-6-4-3-5-7-15)11-19(25)22-18-10-14(20)8-9-17(18)21/h3-10H,11H2,1-2H3,(H,22,25). The van der Waals surface area contributed by atoms with Crippen molar-refractivity contribution < 1.29 is 9.18 Å². The first kappa shape index (κ1) is 17.2. The predicted molar refractivity (Wildman–Crippen MR) is 96.8 cm³/mol. The van der Waals surface area contributed by atoms with Gasteiger partial charge in [0.15, 0.2) is 0 Å². The van der Waals surface area contributed by atoms with Crippen LogP contribution >= 0.6 is 11.6 Å². The van der Waals surface area contributed by atoms with Crippen LogP contribution in [-0.4, -0.2) is 15.7 Å². The molecule has 4 nitrogen and oxygen atoms in total. The minimum atomic E-state index is -0.522. The van der Waals surface area contributed by atoms with Crippen molar-refractivity contribution in [3.05, 3.63) is 76.3 Å². The molecule has 0 aliphatic heterocycles. The van der Waals surface area contributed by atoms with Gasteiger partial charge in [0.25, 0.3) is 0 Å². The molecule has 0 atom stereocenters. The second-order valence-electron chi connectivity index (χ2n) is 5.75. The smallest absolute Gasteiger partial charge is 0.229 e. The van der Waals surface area contributed by atoms with Crippen molar-refractivity contribution in [3.63, 3.8) is 0 Å². The highest BCUT2D eigenvalue weighted by molar-refractivity contribution is 6.30. The molecule has 0 saturated carbocycles. The van der Waals surface area contributed by atoms with Crippen molar-refractivity contribution in [3.8, 4) is 5.69 Å². The zero-order chi connectivity index (χ0) is 18.0. The van der Waals surface area contributed by atoms with Gasteiger partial charge in [0, 0.05) is 16.3 Å². The van der Waals surface area contributed by atoms with Crippen molar-refractivity contribution in [2.75, 3.05) is 5.32 Å².